The Hall–Kier alpha value is -1.22. The van der Waals surface area contributed by atoms with Crippen molar-refractivity contribution < 1.29 is 28.9 Å². The van der Waals surface area contributed by atoms with Gasteiger partial charge in [0, 0.05) is 33.0 Å². The van der Waals surface area contributed by atoms with Gasteiger partial charge in [-0.15, -0.1) is 0 Å². The van der Waals surface area contributed by atoms with Gasteiger partial charge in [0.25, 0.3) is 0 Å². The Labute approximate surface area is 131 Å². The molecule has 0 aromatic rings. The van der Waals surface area contributed by atoms with Gasteiger partial charge in [0.05, 0.1) is 0 Å². The van der Waals surface area contributed by atoms with Crippen LogP contribution in [0.5, 0.6) is 0 Å². The van der Waals surface area contributed by atoms with Crippen LogP contribution in [0.1, 0.15) is 25.7 Å². The molecule has 0 heterocycles. The third-order valence-electron chi connectivity index (χ3n) is 2.57. The largest absolute Gasteiger partial charge is 0.480 e. The van der Waals surface area contributed by atoms with Crippen LogP contribution in [0.2, 0.25) is 0 Å². The lowest BCUT2D eigenvalue weighted by Crippen LogP contribution is -2.29. The van der Waals surface area contributed by atoms with Crippen LogP contribution in [0.25, 0.3) is 0 Å². The Morgan fingerprint density at radius 3 is 2.05 bits per heavy atom. The van der Waals surface area contributed by atoms with Gasteiger partial charge in [-0.25, -0.2) is 4.79 Å². The molecule has 0 atom stereocenters. The second kappa shape index (κ2) is 16.2. The summed E-state index contributed by atoms with van der Waals surface area (Å²) >= 11 is 0. The lowest BCUT2D eigenvalue weighted by molar-refractivity contribution is -0.143. The number of hydrogen-bond donors (Lipinski definition) is 3. The first-order chi connectivity index (χ1) is 10.7. The number of hydrogen-bond acceptors (Lipinski definition) is 6. The summed E-state index contributed by atoms with van der Waals surface area (Å²) in [5.74, 6) is -1.41. The van der Waals surface area contributed by atoms with Crippen LogP contribution in [-0.4, -0.2) is 69.7 Å². The van der Waals surface area contributed by atoms with E-state index in [4.69, 9.17) is 20.3 Å². The number of ether oxygens (including phenoxy) is 3. The molecule has 0 aliphatic heterocycles. The third-order valence-corrected chi connectivity index (χ3v) is 2.57. The number of nitrogens with one attached hydrogen (secondary N) is 1. The van der Waals surface area contributed by atoms with E-state index in [9.17, 15) is 9.59 Å². The fourth-order valence-electron chi connectivity index (χ4n) is 1.48. The van der Waals surface area contributed by atoms with E-state index in [-0.39, 0.29) is 12.5 Å². The minimum Gasteiger partial charge on any atom is -0.480 e. The molecular weight excluding hydrogens is 292 g/mol. The number of aliphatic carboxylic acids is 1. The van der Waals surface area contributed by atoms with E-state index in [2.05, 4.69) is 10.1 Å². The number of carbonyl (C=O) groups is 2. The van der Waals surface area contributed by atoms with Crippen molar-refractivity contribution in [2.45, 2.75) is 25.7 Å². The molecule has 130 valence electrons. The Morgan fingerprint density at radius 1 is 0.864 bits per heavy atom. The minimum absolute atomic E-state index is 0.239. The highest BCUT2D eigenvalue weighted by molar-refractivity contribution is 5.77. The molecule has 0 fully saturated rings. The molecule has 0 unspecified atom stereocenters. The maximum atomic E-state index is 11.2. The Kier molecular flexibility index (Phi) is 15.3. The predicted molar refractivity (Wildman–Crippen MR) is 80.6 cm³/mol. The predicted octanol–water partition coefficient (Wildman–Crippen LogP) is -0.244. The van der Waals surface area contributed by atoms with E-state index < -0.39 is 12.6 Å². The van der Waals surface area contributed by atoms with Crippen molar-refractivity contribution in [3.05, 3.63) is 0 Å². The second-order valence-corrected chi connectivity index (χ2v) is 4.66. The average molecular weight is 320 g/mol. The molecule has 8 heteroatoms. The summed E-state index contributed by atoms with van der Waals surface area (Å²) in [6.07, 6.45) is 3.50. The Morgan fingerprint density at radius 2 is 1.45 bits per heavy atom. The van der Waals surface area contributed by atoms with E-state index in [1.165, 1.54) is 0 Å². The summed E-state index contributed by atoms with van der Waals surface area (Å²) in [4.78, 5) is 21.4. The first-order valence-electron chi connectivity index (χ1n) is 7.58. The highest BCUT2D eigenvalue weighted by atomic mass is 16.5. The van der Waals surface area contributed by atoms with Crippen LogP contribution in [0.3, 0.4) is 0 Å². The molecule has 0 saturated carbocycles. The van der Waals surface area contributed by atoms with Gasteiger partial charge < -0.3 is 30.4 Å². The lowest BCUT2D eigenvalue weighted by Gasteiger charge is -2.07. The molecule has 0 aromatic carbocycles. The van der Waals surface area contributed by atoms with E-state index >= 15 is 0 Å². The van der Waals surface area contributed by atoms with Crippen LogP contribution in [0.4, 0.5) is 0 Å². The normalized spacial score (nSPS) is 10.6. The average Bonchev–Trinajstić information content (AvgIpc) is 2.48. The summed E-state index contributed by atoms with van der Waals surface area (Å²) in [5.41, 5.74) is 5.35. The zero-order valence-corrected chi connectivity index (χ0v) is 13.1. The van der Waals surface area contributed by atoms with Crippen molar-refractivity contribution in [2.75, 3.05) is 52.7 Å². The number of carboxylic acid groups (broad SMARTS) is 1. The first kappa shape index (κ1) is 20.8. The van der Waals surface area contributed by atoms with Crippen LogP contribution >= 0.6 is 0 Å². The van der Waals surface area contributed by atoms with E-state index in [0.717, 1.165) is 25.9 Å². The number of unbranched alkanes of at least 4 members (excludes halogenated alkanes) is 1. The van der Waals surface area contributed by atoms with Gasteiger partial charge in [0.1, 0.15) is 13.2 Å². The highest BCUT2D eigenvalue weighted by Crippen LogP contribution is 1.93. The molecular formula is C14H28N2O6. The van der Waals surface area contributed by atoms with Gasteiger partial charge >= 0.3 is 5.97 Å². The zero-order chi connectivity index (χ0) is 16.5. The molecule has 0 aromatic heterocycles. The van der Waals surface area contributed by atoms with Crippen LogP contribution < -0.4 is 11.1 Å². The van der Waals surface area contributed by atoms with Gasteiger partial charge in [0.2, 0.25) is 5.91 Å². The summed E-state index contributed by atoms with van der Waals surface area (Å²) in [5, 5.41) is 10.9. The molecule has 0 rings (SSSR count). The van der Waals surface area contributed by atoms with E-state index in [0.29, 0.717) is 39.3 Å². The summed E-state index contributed by atoms with van der Waals surface area (Å²) < 4.78 is 15.4. The molecule has 0 aliphatic carbocycles. The molecule has 4 N–H and O–H groups in total. The maximum Gasteiger partial charge on any atom is 0.329 e. The number of carboxylic acids is 1. The number of amides is 1. The fraction of sp³-hybridized carbons (Fsp3) is 0.857. The van der Waals surface area contributed by atoms with Gasteiger partial charge in [0.15, 0.2) is 0 Å². The summed E-state index contributed by atoms with van der Waals surface area (Å²) in [6, 6.07) is 0. The maximum absolute atomic E-state index is 11.2. The quantitative estimate of drug-likeness (QED) is 0.336. The fourth-order valence-corrected chi connectivity index (χ4v) is 1.48. The third kappa shape index (κ3) is 16.8. The first-order valence-corrected chi connectivity index (χ1v) is 7.58. The SMILES string of the molecule is NCCCOCCCCOCCCNC(=O)COCC(=O)O. The van der Waals surface area contributed by atoms with E-state index in [1.807, 2.05) is 0 Å². The molecule has 1 amide bonds. The van der Waals surface area contributed by atoms with Crippen molar-refractivity contribution >= 4 is 11.9 Å². The Balaban J connectivity index is 3.13. The van der Waals surface area contributed by atoms with Gasteiger partial charge in [-0.2, -0.15) is 0 Å². The topological polar surface area (TPSA) is 120 Å². The van der Waals surface area contributed by atoms with Gasteiger partial charge in [-0.05, 0) is 32.2 Å². The van der Waals surface area contributed by atoms with Crippen LogP contribution in [0.15, 0.2) is 0 Å². The number of rotatable bonds is 16. The van der Waals surface area contributed by atoms with Crippen LogP contribution in [0, 0.1) is 0 Å². The van der Waals surface area contributed by atoms with Crippen molar-refractivity contribution in [1.29, 1.82) is 0 Å². The monoisotopic (exact) mass is 320 g/mol. The van der Waals surface area contributed by atoms with Crippen LogP contribution in [-0.2, 0) is 23.8 Å². The molecule has 22 heavy (non-hydrogen) atoms. The molecule has 0 saturated heterocycles. The van der Waals surface area contributed by atoms with Crippen molar-refractivity contribution in [3.8, 4) is 0 Å². The molecule has 0 bridgehead atoms. The summed E-state index contributed by atoms with van der Waals surface area (Å²) in [7, 11) is 0. The van der Waals surface area contributed by atoms with E-state index in [1.54, 1.807) is 0 Å². The summed E-state index contributed by atoms with van der Waals surface area (Å²) in [6.45, 7) is 3.13. The molecule has 0 radical (unpaired) electrons. The van der Waals surface area contributed by atoms with Gasteiger partial charge in [-0.3, -0.25) is 4.79 Å². The number of nitrogens with two attached hydrogens (primary N) is 1. The smallest absolute Gasteiger partial charge is 0.329 e. The standard InChI is InChI=1S/C14H28N2O6/c15-5-3-9-20-7-1-2-8-21-10-4-6-16-13(17)11-22-12-14(18)19/h1-12,15H2,(H,16,17)(H,18,19). The number of carbonyl (C=O) groups excluding carboxylic acids is 1. The highest BCUT2D eigenvalue weighted by Gasteiger charge is 2.02. The lowest BCUT2D eigenvalue weighted by atomic mass is 10.3. The molecule has 0 spiro atoms. The molecule has 0 aliphatic rings. The Bertz CT molecular complexity index is 289. The van der Waals surface area contributed by atoms with Crippen molar-refractivity contribution in [3.63, 3.8) is 0 Å². The van der Waals surface area contributed by atoms with Crippen molar-refractivity contribution in [2.24, 2.45) is 5.73 Å². The second-order valence-electron chi connectivity index (χ2n) is 4.66. The van der Waals surface area contributed by atoms with Gasteiger partial charge in [-0.1, -0.05) is 0 Å². The molecule has 8 nitrogen and oxygen atoms in total. The zero-order valence-electron chi connectivity index (χ0n) is 13.1. The van der Waals surface area contributed by atoms with Crippen molar-refractivity contribution in [1.82, 2.24) is 5.32 Å². The minimum atomic E-state index is -1.09.